The molecule has 1 N–H and O–H groups in total. The first-order valence-corrected chi connectivity index (χ1v) is 8.41. The number of methoxy groups -OCH3 is 1. The van der Waals surface area contributed by atoms with Gasteiger partial charge in [-0.2, -0.15) is 0 Å². The average Bonchev–Trinajstić information content (AvgIpc) is 3.18. The molecule has 0 unspecified atom stereocenters. The van der Waals surface area contributed by atoms with Gasteiger partial charge in [0.2, 0.25) is 5.91 Å². The quantitative estimate of drug-likeness (QED) is 0.660. The molecule has 0 atom stereocenters. The van der Waals surface area contributed by atoms with Crippen LogP contribution in [0.25, 0.3) is 0 Å². The van der Waals surface area contributed by atoms with Crippen LogP contribution in [0, 0.1) is 5.82 Å². The Hall–Kier alpha value is -2.67. The number of nitrogens with one attached hydrogen (secondary N) is 1. The van der Waals surface area contributed by atoms with Crippen molar-refractivity contribution in [2.24, 2.45) is 0 Å². The highest BCUT2D eigenvalue weighted by atomic mass is 19.1. The normalized spacial score (nSPS) is 10.5. The minimum Gasteiger partial charge on any atom is -0.472 e. The molecule has 0 saturated heterocycles. The van der Waals surface area contributed by atoms with E-state index in [2.05, 4.69) is 5.32 Å². The van der Waals surface area contributed by atoms with Crippen LogP contribution >= 0.6 is 0 Å². The summed E-state index contributed by atoms with van der Waals surface area (Å²) in [4.78, 5) is 26.2. The van der Waals surface area contributed by atoms with E-state index >= 15 is 0 Å². The van der Waals surface area contributed by atoms with Gasteiger partial charge >= 0.3 is 0 Å². The zero-order valence-electron chi connectivity index (χ0n) is 14.7. The molecule has 26 heavy (non-hydrogen) atoms. The van der Waals surface area contributed by atoms with E-state index in [0.717, 1.165) is 5.56 Å². The summed E-state index contributed by atoms with van der Waals surface area (Å²) in [5, 5.41) is 2.77. The van der Waals surface area contributed by atoms with Crippen molar-refractivity contribution < 1.29 is 23.1 Å². The van der Waals surface area contributed by atoms with Gasteiger partial charge in [-0.05, 0) is 30.2 Å². The van der Waals surface area contributed by atoms with Gasteiger partial charge in [-0.3, -0.25) is 9.59 Å². The fourth-order valence-corrected chi connectivity index (χ4v) is 2.41. The van der Waals surface area contributed by atoms with Crippen molar-refractivity contribution in [1.29, 1.82) is 0 Å². The largest absolute Gasteiger partial charge is 0.472 e. The Bertz CT molecular complexity index is 686. The molecule has 0 aliphatic heterocycles. The highest BCUT2D eigenvalue weighted by Gasteiger charge is 2.17. The number of halogens is 1. The highest BCUT2D eigenvalue weighted by Crippen LogP contribution is 2.08. The molecule has 2 aromatic rings. The maximum absolute atomic E-state index is 12.9. The Balaban J connectivity index is 1.83. The molecule has 7 heteroatoms. The second kappa shape index (κ2) is 10.4. The molecule has 0 saturated carbocycles. The molecule has 2 amide bonds. The minimum absolute atomic E-state index is 0.175. The number of carbonyl (C=O) groups excluding carboxylic acids is 2. The van der Waals surface area contributed by atoms with Crippen LogP contribution in [0.2, 0.25) is 0 Å². The molecule has 1 aromatic carbocycles. The Morgan fingerprint density at radius 2 is 1.96 bits per heavy atom. The summed E-state index contributed by atoms with van der Waals surface area (Å²) in [5.41, 5.74) is 1.26. The number of ether oxygens (including phenoxy) is 1. The van der Waals surface area contributed by atoms with Gasteiger partial charge in [-0.25, -0.2) is 4.39 Å². The number of furan rings is 1. The van der Waals surface area contributed by atoms with Gasteiger partial charge in [0.25, 0.3) is 5.91 Å². The SMILES string of the molecule is COCCCN(CCC(=O)NCc1ccc(F)cc1)C(=O)c1ccoc1. The average molecular weight is 362 g/mol. The van der Waals surface area contributed by atoms with Crippen LogP contribution in [0.1, 0.15) is 28.8 Å². The third-order valence-corrected chi connectivity index (χ3v) is 3.84. The number of hydrogen-bond donors (Lipinski definition) is 1. The topological polar surface area (TPSA) is 71.8 Å². The van der Waals surface area contributed by atoms with Gasteiger partial charge in [-0.15, -0.1) is 0 Å². The van der Waals surface area contributed by atoms with E-state index in [1.807, 2.05) is 0 Å². The van der Waals surface area contributed by atoms with Crippen LogP contribution in [-0.2, 0) is 16.1 Å². The highest BCUT2D eigenvalue weighted by molar-refractivity contribution is 5.94. The van der Waals surface area contributed by atoms with Crippen LogP contribution < -0.4 is 5.32 Å². The monoisotopic (exact) mass is 362 g/mol. The number of benzene rings is 1. The Morgan fingerprint density at radius 3 is 2.62 bits per heavy atom. The van der Waals surface area contributed by atoms with Crippen molar-refractivity contribution in [3.63, 3.8) is 0 Å². The molecule has 140 valence electrons. The lowest BCUT2D eigenvalue weighted by atomic mass is 10.2. The van der Waals surface area contributed by atoms with Crippen molar-refractivity contribution in [2.45, 2.75) is 19.4 Å². The maximum atomic E-state index is 12.9. The van der Waals surface area contributed by atoms with Crippen molar-refractivity contribution >= 4 is 11.8 Å². The second-order valence-corrected chi connectivity index (χ2v) is 5.80. The fourth-order valence-electron chi connectivity index (χ4n) is 2.41. The first-order chi connectivity index (χ1) is 12.6. The molecular formula is C19H23FN2O4. The van der Waals surface area contributed by atoms with Crippen LogP contribution in [0.3, 0.4) is 0 Å². The Morgan fingerprint density at radius 1 is 1.19 bits per heavy atom. The van der Waals surface area contributed by atoms with Gasteiger partial charge in [0, 0.05) is 39.8 Å². The molecular weight excluding hydrogens is 339 g/mol. The molecule has 0 radical (unpaired) electrons. The minimum atomic E-state index is -0.315. The van der Waals surface area contributed by atoms with E-state index in [1.165, 1.54) is 24.7 Å². The molecule has 1 heterocycles. The Labute approximate surface area is 151 Å². The summed E-state index contributed by atoms with van der Waals surface area (Å²) in [5.74, 6) is -0.670. The lowest BCUT2D eigenvalue weighted by Gasteiger charge is -2.22. The molecule has 1 aromatic heterocycles. The zero-order chi connectivity index (χ0) is 18.8. The fraction of sp³-hybridized carbons (Fsp3) is 0.368. The number of nitrogens with zero attached hydrogens (tertiary/aromatic N) is 1. The van der Waals surface area contributed by atoms with E-state index in [4.69, 9.17) is 9.15 Å². The maximum Gasteiger partial charge on any atom is 0.257 e. The van der Waals surface area contributed by atoms with E-state index in [-0.39, 0.29) is 24.1 Å². The number of carbonyl (C=O) groups is 2. The van der Waals surface area contributed by atoms with Crippen LogP contribution in [0.5, 0.6) is 0 Å². The summed E-state index contributed by atoms with van der Waals surface area (Å²) in [6.45, 7) is 1.64. The van der Waals surface area contributed by atoms with Crippen LogP contribution in [-0.4, -0.2) is 43.5 Å². The summed E-state index contributed by atoms with van der Waals surface area (Å²) in [6.07, 6.45) is 3.69. The summed E-state index contributed by atoms with van der Waals surface area (Å²) < 4.78 is 22.9. The van der Waals surface area contributed by atoms with E-state index in [9.17, 15) is 14.0 Å². The third kappa shape index (κ3) is 6.33. The lowest BCUT2D eigenvalue weighted by Crippen LogP contribution is -2.36. The zero-order valence-corrected chi connectivity index (χ0v) is 14.7. The van der Waals surface area contributed by atoms with Crippen molar-refractivity contribution in [3.05, 3.63) is 59.8 Å². The van der Waals surface area contributed by atoms with Gasteiger partial charge in [0.05, 0.1) is 11.8 Å². The molecule has 0 spiro atoms. The molecule has 0 fully saturated rings. The predicted octanol–water partition coefficient (Wildman–Crippen LogP) is 2.60. The van der Waals surface area contributed by atoms with E-state index < -0.39 is 0 Å². The molecule has 6 nitrogen and oxygen atoms in total. The van der Waals surface area contributed by atoms with Crippen LogP contribution in [0.15, 0.2) is 47.3 Å². The Kier molecular flexibility index (Phi) is 7.82. The van der Waals surface area contributed by atoms with Gasteiger partial charge < -0.3 is 19.4 Å². The summed E-state index contributed by atoms with van der Waals surface area (Å²) in [6, 6.07) is 7.54. The van der Waals surface area contributed by atoms with Crippen molar-refractivity contribution in [3.8, 4) is 0 Å². The standard InChI is InChI=1S/C19H23FN2O4/c1-25-11-2-9-22(19(24)16-8-12-26-14-16)10-7-18(23)21-13-15-3-5-17(20)6-4-15/h3-6,8,12,14H,2,7,9-11,13H2,1H3,(H,21,23). The van der Waals surface area contributed by atoms with Gasteiger partial charge in [-0.1, -0.05) is 12.1 Å². The number of amides is 2. The summed E-state index contributed by atoms with van der Waals surface area (Å²) in [7, 11) is 1.60. The first-order valence-electron chi connectivity index (χ1n) is 8.41. The first kappa shape index (κ1) is 19.7. The van der Waals surface area contributed by atoms with Crippen molar-refractivity contribution in [2.75, 3.05) is 26.8 Å². The van der Waals surface area contributed by atoms with Gasteiger partial charge in [0.1, 0.15) is 12.1 Å². The van der Waals surface area contributed by atoms with Crippen LogP contribution in [0.4, 0.5) is 4.39 Å². The van der Waals surface area contributed by atoms with E-state index in [0.29, 0.717) is 38.2 Å². The molecule has 0 aliphatic rings. The molecule has 0 aliphatic carbocycles. The smallest absolute Gasteiger partial charge is 0.257 e. The molecule has 0 bridgehead atoms. The van der Waals surface area contributed by atoms with Gasteiger partial charge in [0.15, 0.2) is 0 Å². The summed E-state index contributed by atoms with van der Waals surface area (Å²) >= 11 is 0. The second-order valence-electron chi connectivity index (χ2n) is 5.80. The predicted molar refractivity (Wildman–Crippen MR) is 94.0 cm³/mol. The number of rotatable bonds is 10. The van der Waals surface area contributed by atoms with E-state index in [1.54, 1.807) is 30.2 Å². The lowest BCUT2D eigenvalue weighted by molar-refractivity contribution is -0.121. The molecule has 2 rings (SSSR count). The third-order valence-electron chi connectivity index (χ3n) is 3.84. The number of hydrogen-bond acceptors (Lipinski definition) is 4. The van der Waals surface area contributed by atoms with Crippen molar-refractivity contribution in [1.82, 2.24) is 10.2 Å².